The standard InChI is InChI=1S/C16H18.C10H14.CH4/c1-11-5-7-15(9-13(11)3)16-8-6-12(2)14(4)10-16;1-7-5-9(3)10(4)6-8(7)2;/h5-10H,1-4H3;5-6H,1-4H3;1H4. The zero-order valence-corrected chi connectivity index (χ0v) is 17.6. The van der Waals surface area contributed by atoms with E-state index in [4.69, 9.17) is 0 Å². The lowest BCUT2D eigenvalue weighted by atomic mass is 9.98. The fourth-order valence-corrected chi connectivity index (χ4v) is 2.95. The third-order valence-electron chi connectivity index (χ3n) is 5.46. The van der Waals surface area contributed by atoms with Crippen LogP contribution in [-0.2, 0) is 0 Å². The van der Waals surface area contributed by atoms with E-state index >= 15 is 0 Å². The first kappa shape index (κ1) is 22.7. The molecule has 0 saturated carbocycles. The maximum atomic E-state index is 2.26. The minimum Gasteiger partial charge on any atom is -0.0776 e. The molecule has 0 unspecified atom stereocenters. The zero-order valence-electron chi connectivity index (χ0n) is 17.6. The second-order valence-corrected chi connectivity index (χ2v) is 7.62. The van der Waals surface area contributed by atoms with E-state index in [0.29, 0.717) is 0 Å². The lowest BCUT2D eigenvalue weighted by Crippen LogP contribution is -1.86. The van der Waals surface area contributed by atoms with Crippen LogP contribution in [0.1, 0.15) is 51.9 Å². The third-order valence-corrected chi connectivity index (χ3v) is 5.46. The molecule has 0 fully saturated rings. The van der Waals surface area contributed by atoms with Crippen molar-refractivity contribution in [3.8, 4) is 11.1 Å². The van der Waals surface area contributed by atoms with E-state index in [0.717, 1.165) is 0 Å². The van der Waals surface area contributed by atoms with Gasteiger partial charge < -0.3 is 0 Å². The van der Waals surface area contributed by atoms with Crippen LogP contribution in [0.15, 0.2) is 48.5 Å². The van der Waals surface area contributed by atoms with E-state index in [1.54, 1.807) is 0 Å². The van der Waals surface area contributed by atoms with Gasteiger partial charge in [0, 0.05) is 0 Å². The van der Waals surface area contributed by atoms with E-state index in [-0.39, 0.29) is 7.43 Å². The van der Waals surface area contributed by atoms with Crippen molar-refractivity contribution in [3.63, 3.8) is 0 Å². The first-order valence-electron chi connectivity index (χ1n) is 9.38. The monoisotopic (exact) mass is 360 g/mol. The highest BCUT2D eigenvalue weighted by Crippen LogP contribution is 2.24. The van der Waals surface area contributed by atoms with Crippen molar-refractivity contribution < 1.29 is 0 Å². The van der Waals surface area contributed by atoms with Gasteiger partial charge in [-0.25, -0.2) is 0 Å². The number of hydrogen-bond donors (Lipinski definition) is 0. The summed E-state index contributed by atoms with van der Waals surface area (Å²) in [6, 6.07) is 17.8. The number of benzene rings is 3. The molecule has 3 aromatic rings. The smallest absolute Gasteiger partial charge is 0.0181 e. The summed E-state index contributed by atoms with van der Waals surface area (Å²) in [6.07, 6.45) is 0. The minimum atomic E-state index is 0. The number of rotatable bonds is 1. The van der Waals surface area contributed by atoms with Crippen LogP contribution in [0, 0.1) is 55.4 Å². The molecule has 144 valence electrons. The van der Waals surface area contributed by atoms with Crippen molar-refractivity contribution in [2.75, 3.05) is 0 Å². The van der Waals surface area contributed by atoms with Crippen molar-refractivity contribution in [3.05, 3.63) is 93.0 Å². The van der Waals surface area contributed by atoms with Crippen molar-refractivity contribution >= 4 is 0 Å². The van der Waals surface area contributed by atoms with Crippen molar-refractivity contribution in [1.82, 2.24) is 0 Å². The van der Waals surface area contributed by atoms with Crippen LogP contribution < -0.4 is 0 Å². The lowest BCUT2D eigenvalue weighted by molar-refractivity contribution is 1.24. The second kappa shape index (κ2) is 9.55. The molecular formula is C27H36. The Morgan fingerprint density at radius 2 is 0.593 bits per heavy atom. The first-order valence-corrected chi connectivity index (χ1v) is 9.38. The van der Waals surface area contributed by atoms with Gasteiger partial charge in [0.1, 0.15) is 0 Å². The lowest BCUT2D eigenvalue weighted by Gasteiger charge is -2.08. The third kappa shape index (κ3) is 5.82. The predicted molar refractivity (Wildman–Crippen MR) is 123 cm³/mol. The Balaban J connectivity index is 0.000000288. The van der Waals surface area contributed by atoms with Crippen molar-refractivity contribution in [2.24, 2.45) is 0 Å². The Labute approximate surface area is 167 Å². The highest BCUT2D eigenvalue weighted by Gasteiger charge is 2.01. The van der Waals surface area contributed by atoms with Crippen LogP contribution in [0.5, 0.6) is 0 Å². The molecule has 0 spiro atoms. The Bertz CT molecular complexity index is 814. The van der Waals surface area contributed by atoms with Gasteiger partial charge >= 0.3 is 0 Å². The quantitative estimate of drug-likeness (QED) is 0.411. The molecule has 0 heterocycles. The summed E-state index contributed by atoms with van der Waals surface area (Å²) in [4.78, 5) is 0. The number of hydrogen-bond acceptors (Lipinski definition) is 0. The molecular weight excluding hydrogens is 324 g/mol. The zero-order chi connectivity index (χ0) is 19.4. The molecule has 0 N–H and O–H groups in total. The van der Waals surface area contributed by atoms with Gasteiger partial charge in [-0.15, -0.1) is 0 Å². The van der Waals surface area contributed by atoms with Gasteiger partial charge in [0.25, 0.3) is 0 Å². The Morgan fingerprint density at radius 1 is 0.333 bits per heavy atom. The van der Waals surface area contributed by atoms with E-state index in [2.05, 4.69) is 104 Å². The van der Waals surface area contributed by atoms with Crippen LogP contribution in [0.4, 0.5) is 0 Å². The Hall–Kier alpha value is -2.34. The molecule has 3 aromatic carbocycles. The topological polar surface area (TPSA) is 0 Å². The summed E-state index contributed by atoms with van der Waals surface area (Å²) in [5.41, 5.74) is 13.6. The van der Waals surface area contributed by atoms with Crippen LogP contribution in [0.3, 0.4) is 0 Å². The SMILES string of the molecule is C.Cc1cc(C)c(C)cc1C.Cc1ccc(-c2ccc(C)c(C)c2)cc1C. The summed E-state index contributed by atoms with van der Waals surface area (Å²) in [5.74, 6) is 0. The molecule has 0 atom stereocenters. The van der Waals surface area contributed by atoms with Gasteiger partial charge in [0.2, 0.25) is 0 Å². The molecule has 0 aliphatic carbocycles. The molecule has 0 amide bonds. The van der Waals surface area contributed by atoms with Gasteiger partial charge in [-0.3, -0.25) is 0 Å². The summed E-state index contributed by atoms with van der Waals surface area (Å²) in [5, 5.41) is 0. The van der Waals surface area contributed by atoms with Crippen LogP contribution >= 0.6 is 0 Å². The molecule has 0 aromatic heterocycles. The summed E-state index contributed by atoms with van der Waals surface area (Å²) in [6.45, 7) is 17.3. The summed E-state index contributed by atoms with van der Waals surface area (Å²) < 4.78 is 0. The van der Waals surface area contributed by atoms with Crippen LogP contribution in [0.25, 0.3) is 11.1 Å². The molecule has 0 nitrogen and oxygen atoms in total. The molecule has 0 heteroatoms. The molecule has 0 aliphatic rings. The average Bonchev–Trinajstić information content (AvgIpc) is 2.59. The molecule has 3 rings (SSSR count). The maximum Gasteiger partial charge on any atom is -0.0181 e. The molecule has 27 heavy (non-hydrogen) atoms. The van der Waals surface area contributed by atoms with Gasteiger partial charge in [-0.2, -0.15) is 0 Å². The van der Waals surface area contributed by atoms with E-state index in [9.17, 15) is 0 Å². The predicted octanol–water partition coefficient (Wildman–Crippen LogP) is 8.14. The number of aryl methyl sites for hydroxylation is 8. The largest absolute Gasteiger partial charge is 0.0776 e. The second-order valence-electron chi connectivity index (χ2n) is 7.62. The average molecular weight is 361 g/mol. The maximum absolute atomic E-state index is 2.26. The van der Waals surface area contributed by atoms with Gasteiger partial charge in [0.05, 0.1) is 0 Å². The molecule has 0 saturated heterocycles. The van der Waals surface area contributed by atoms with E-state index in [1.807, 2.05) is 0 Å². The summed E-state index contributed by atoms with van der Waals surface area (Å²) >= 11 is 0. The fourth-order valence-electron chi connectivity index (χ4n) is 2.95. The van der Waals surface area contributed by atoms with Crippen LogP contribution in [0.2, 0.25) is 0 Å². The van der Waals surface area contributed by atoms with Crippen LogP contribution in [-0.4, -0.2) is 0 Å². The fraction of sp³-hybridized carbons (Fsp3) is 0.333. The first-order chi connectivity index (χ1) is 12.2. The molecule has 0 bridgehead atoms. The normalized spacial score (nSPS) is 9.93. The minimum absolute atomic E-state index is 0. The highest BCUT2D eigenvalue weighted by molar-refractivity contribution is 5.66. The van der Waals surface area contributed by atoms with E-state index in [1.165, 1.54) is 55.6 Å². The van der Waals surface area contributed by atoms with Crippen molar-refractivity contribution in [2.45, 2.75) is 62.8 Å². The van der Waals surface area contributed by atoms with E-state index < -0.39 is 0 Å². The summed E-state index contributed by atoms with van der Waals surface area (Å²) in [7, 11) is 0. The molecule has 0 aliphatic heterocycles. The Morgan fingerprint density at radius 3 is 0.852 bits per heavy atom. The van der Waals surface area contributed by atoms with Gasteiger partial charge in [0.15, 0.2) is 0 Å². The highest BCUT2D eigenvalue weighted by atomic mass is 14.1. The van der Waals surface area contributed by atoms with Gasteiger partial charge in [-0.05, 0) is 111 Å². The molecule has 0 radical (unpaired) electrons. The van der Waals surface area contributed by atoms with Crippen molar-refractivity contribution in [1.29, 1.82) is 0 Å². The van der Waals surface area contributed by atoms with Gasteiger partial charge in [-0.1, -0.05) is 56.0 Å². The Kier molecular flexibility index (Phi) is 8.03.